The zero-order chi connectivity index (χ0) is 24.2. The van der Waals surface area contributed by atoms with Crippen molar-refractivity contribution in [2.75, 3.05) is 7.05 Å². The van der Waals surface area contributed by atoms with Crippen LogP contribution in [0.2, 0.25) is 5.02 Å². The van der Waals surface area contributed by atoms with Gasteiger partial charge in [-0.3, -0.25) is 10.3 Å². The number of esters is 1. The van der Waals surface area contributed by atoms with E-state index in [0.717, 1.165) is 10.8 Å². The molecule has 0 aliphatic carbocycles. The average molecular weight is 491 g/mol. The highest BCUT2D eigenvalue weighted by atomic mass is 35.5. The monoisotopic (exact) mass is 490 g/mol. The lowest BCUT2D eigenvalue weighted by atomic mass is 10.3. The van der Waals surface area contributed by atoms with Crippen molar-refractivity contribution in [1.82, 2.24) is 20.1 Å². The third kappa shape index (κ3) is 5.45. The Kier molecular flexibility index (Phi) is 7.26. The highest BCUT2D eigenvalue weighted by molar-refractivity contribution is 7.91. The number of nitrogens with one attached hydrogen (secondary N) is 1. The number of halogens is 1. The number of carbonyl (C=O) groups excluding carboxylic acids is 1. The Labute approximate surface area is 194 Å². The van der Waals surface area contributed by atoms with E-state index in [1.54, 1.807) is 31.2 Å². The van der Waals surface area contributed by atoms with E-state index in [1.807, 2.05) is 0 Å². The molecular formula is C21H19ClN4O6S. The van der Waals surface area contributed by atoms with Gasteiger partial charge in [-0.15, -0.1) is 0 Å². The molecule has 1 aromatic carbocycles. The maximum atomic E-state index is 13.5. The van der Waals surface area contributed by atoms with E-state index in [9.17, 15) is 18.0 Å². The van der Waals surface area contributed by atoms with Crippen molar-refractivity contribution in [1.29, 1.82) is 0 Å². The third-order valence-electron chi connectivity index (χ3n) is 4.36. The summed E-state index contributed by atoms with van der Waals surface area (Å²) >= 11 is 6.30. The molecular weight excluding hydrogens is 472 g/mol. The highest BCUT2D eigenvalue weighted by Gasteiger charge is 2.29. The molecule has 0 saturated heterocycles. The summed E-state index contributed by atoms with van der Waals surface area (Å²) in [6, 6.07) is 10.6. The first-order valence-corrected chi connectivity index (χ1v) is 11.3. The number of aromatic nitrogens is 3. The fraction of sp³-hybridized carbons (Fsp3) is 0.143. The molecule has 33 heavy (non-hydrogen) atoms. The van der Waals surface area contributed by atoms with Crippen LogP contribution in [0.3, 0.4) is 0 Å². The molecule has 1 unspecified atom stereocenters. The molecule has 0 fully saturated rings. The van der Waals surface area contributed by atoms with Gasteiger partial charge in [0.25, 0.3) is 0 Å². The molecule has 0 bridgehead atoms. The van der Waals surface area contributed by atoms with Crippen LogP contribution in [-0.4, -0.2) is 47.3 Å². The maximum Gasteiger partial charge on any atom is 0.332 e. The topological polar surface area (TPSA) is 140 Å². The predicted molar refractivity (Wildman–Crippen MR) is 118 cm³/mol. The zero-order valence-electron chi connectivity index (χ0n) is 17.5. The van der Waals surface area contributed by atoms with Gasteiger partial charge in [0, 0.05) is 30.1 Å². The summed E-state index contributed by atoms with van der Waals surface area (Å²) in [5.74, 6) is -2.28. The number of benzene rings is 1. The van der Waals surface area contributed by atoms with Gasteiger partial charge < -0.3 is 9.84 Å². The van der Waals surface area contributed by atoms with Gasteiger partial charge >= 0.3 is 11.9 Å². The van der Waals surface area contributed by atoms with Crippen molar-refractivity contribution in [3.8, 4) is 5.69 Å². The van der Waals surface area contributed by atoms with Gasteiger partial charge in [-0.1, -0.05) is 23.7 Å². The molecule has 1 atom stereocenters. The molecule has 2 N–H and O–H groups in total. The van der Waals surface area contributed by atoms with Gasteiger partial charge in [0.2, 0.25) is 9.84 Å². The van der Waals surface area contributed by atoms with Gasteiger partial charge in [-0.2, -0.15) is 5.10 Å². The van der Waals surface area contributed by atoms with Crippen LogP contribution in [0.4, 0.5) is 0 Å². The molecule has 0 spiro atoms. The smallest absolute Gasteiger partial charge is 0.332 e. The van der Waals surface area contributed by atoms with E-state index in [0.29, 0.717) is 17.5 Å². The Balaban J connectivity index is 2.14. The first kappa shape index (κ1) is 24.1. The number of aliphatic carboxylic acids is 1. The van der Waals surface area contributed by atoms with Crippen LogP contribution < -0.4 is 5.32 Å². The average Bonchev–Trinajstić information content (AvgIpc) is 3.22. The summed E-state index contributed by atoms with van der Waals surface area (Å²) in [5.41, 5.74) is 0.855. The lowest BCUT2D eigenvalue weighted by Gasteiger charge is -2.13. The second-order valence-corrected chi connectivity index (χ2v) is 8.99. The number of para-hydroxylation sites is 1. The summed E-state index contributed by atoms with van der Waals surface area (Å²) in [6.45, 7) is 1.66. The molecule has 12 heteroatoms. The van der Waals surface area contributed by atoms with Crippen LogP contribution >= 0.6 is 11.6 Å². The van der Waals surface area contributed by atoms with Crippen LogP contribution in [0.15, 0.2) is 70.7 Å². The van der Waals surface area contributed by atoms with Crippen molar-refractivity contribution in [2.45, 2.75) is 23.1 Å². The van der Waals surface area contributed by atoms with Crippen molar-refractivity contribution < 1.29 is 27.9 Å². The minimum atomic E-state index is -4.09. The van der Waals surface area contributed by atoms with Gasteiger partial charge in [0.05, 0.1) is 15.6 Å². The molecule has 3 rings (SSSR count). The number of carboxylic acids is 1. The zero-order valence-corrected chi connectivity index (χ0v) is 19.0. The molecule has 10 nitrogen and oxygen atoms in total. The van der Waals surface area contributed by atoms with Gasteiger partial charge in [-0.25, -0.2) is 22.7 Å². The first-order valence-electron chi connectivity index (χ1n) is 9.45. The van der Waals surface area contributed by atoms with E-state index >= 15 is 0 Å². The van der Waals surface area contributed by atoms with Crippen LogP contribution in [0.5, 0.6) is 0 Å². The Morgan fingerprint density at radius 2 is 1.94 bits per heavy atom. The molecule has 0 amide bonds. The lowest BCUT2D eigenvalue weighted by molar-refractivity contribution is -0.145. The summed E-state index contributed by atoms with van der Waals surface area (Å²) in [5, 5.41) is 15.7. The quantitative estimate of drug-likeness (QED) is 0.276. The van der Waals surface area contributed by atoms with Gasteiger partial charge in [-0.05, 0) is 38.2 Å². The number of ether oxygens (including phenoxy) is 1. The lowest BCUT2D eigenvalue weighted by Crippen LogP contribution is -2.23. The summed E-state index contributed by atoms with van der Waals surface area (Å²) < 4.78 is 33.3. The molecule has 0 radical (unpaired) electrons. The molecule has 0 aliphatic heterocycles. The molecule has 3 aromatic rings. The van der Waals surface area contributed by atoms with Crippen LogP contribution in [0.25, 0.3) is 5.69 Å². The number of carbonyl (C=O) groups is 2. The minimum Gasteiger partial charge on any atom is -0.478 e. The number of rotatable bonds is 8. The molecule has 2 aromatic heterocycles. The van der Waals surface area contributed by atoms with Crippen LogP contribution in [0.1, 0.15) is 17.6 Å². The molecule has 0 aliphatic rings. The number of hydrogen-bond acceptors (Lipinski definition) is 8. The van der Waals surface area contributed by atoms with Crippen molar-refractivity contribution in [3.05, 3.63) is 77.2 Å². The fourth-order valence-corrected chi connectivity index (χ4v) is 4.53. The van der Waals surface area contributed by atoms with E-state index in [2.05, 4.69) is 15.4 Å². The second kappa shape index (κ2) is 9.94. The number of carboxylic acid groups (broad SMARTS) is 1. The largest absolute Gasteiger partial charge is 0.478 e. The van der Waals surface area contributed by atoms with E-state index in [4.69, 9.17) is 21.4 Å². The number of nitrogens with zero attached hydrogens (tertiary/aromatic N) is 3. The second-order valence-electron chi connectivity index (χ2n) is 6.68. The molecule has 0 saturated carbocycles. The fourth-order valence-electron chi connectivity index (χ4n) is 2.87. The van der Waals surface area contributed by atoms with Crippen LogP contribution in [-0.2, 0) is 24.2 Å². The summed E-state index contributed by atoms with van der Waals surface area (Å²) in [4.78, 5) is 26.6. The summed E-state index contributed by atoms with van der Waals surface area (Å²) in [7, 11) is -2.62. The maximum absolute atomic E-state index is 13.5. The normalized spacial score (nSPS) is 12.6. The number of sulfone groups is 1. The van der Waals surface area contributed by atoms with Crippen molar-refractivity contribution >= 4 is 33.4 Å². The Morgan fingerprint density at radius 1 is 1.21 bits per heavy atom. The Bertz CT molecular complexity index is 1340. The Hall–Kier alpha value is -3.54. The van der Waals surface area contributed by atoms with E-state index in [-0.39, 0.29) is 20.6 Å². The van der Waals surface area contributed by atoms with Crippen molar-refractivity contribution in [3.63, 3.8) is 0 Å². The van der Waals surface area contributed by atoms with Gasteiger partial charge in [0.15, 0.2) is 11.3 Å². The highest BCUT2D eigenvalue weighted by Crippen LogP contribution is 2.29. The van der Waals surface area contributed by atoms with Crippen molar-refractivity contribution in [2.24, 2.45) is 0 Å². The number of hydrogen-bond donors (Lipinski definition) is 2. The first-order chi connectivity index (χ1) is 15.6. The Morgan fingerprint density at radius 3 is 2.58 bits per heavy atom. The predicted octanol–water partition coefficient (Wildman–Crippen LogP) is 2.46. The summed E-state index contributed by atoms with van der Waals surface area (Å²) in [6.07, 6.45) is 1.56. The number of pyridine rings is 1. The standard InChI is InChI=1S/C21H19ClN4O6S/c1-13-11-14(9-10-24-13)33(30,31)18-12-16(21(23-2)32-20(29)8-7-19(27)28)25-26(18)17-6-4-3-5-15(17)22/h3-12,21,23H,1-2H3,(H,27,28)/b8-7+. The molecule has 2 heterocycles. The minimum absolute atomic E-state index is 0.00264. The van der Waals surface area contributed by atoms with E-state index in [1.165, 1.54) is 31.4 Å². The third-order valence-corrected chi connectivity index (χ3v) is 6.39. The van der Waals surface area contributed by atoms with Gasteiger partial charge in [0.1, 0.15) is 5.69 Å². The number of aryl methyl sites for hydroxylation is 1. The SMILES string of the molecule is CNC(OC(=O)/C=C/C(=O)O)c1cc(S(=O)(=O)c2ccnc(C)c2)n(-c2ccccc2Cl)n1. The van der Waals surface area contributed by atoms with Crippen LogP contribution in [0, 0.1) is 6.92 Å². The molecule has 172 valence electrons. The van der Waals surface area contributed by atoms with E-state index < -0.39 is 28.0 Å².